The number of anilines is 2. The molecule has 4 aromatic rings. The second kappa shape index (κ2) is 12.0. The van der Waals surface area contributed by atoms with Gasteiger partial charge < -0.3 is 10.6 Å². The van der Waals surface area contributed by atoms with Crippen LogP contribution in [0.15, 0.2) is 103 Å². The molecule has 2 amide bonds. The van der Waals surface area contributed by atoms with Gasteiger partial charge in [0.25, 0.3) is 11.8 Å². The van der Waals surface area contributed by atoms with Crippen molar-refractivity contribution in [3.05, 3.63) is 131 Å². The van der Waals surface area contributed by atoms with Crippen molar-refractivity contribution >= 4 is 33.2 Å². The molecule has 0 unspecified atom stereocenters. The molecule has 4 rings (SSSR count). The molecule has 1 atom stereocenters. The summed E-state index contributed by atoms with van der Waals surface area (Å²) in [5.41, 5.74) is 4.37. The van der Waals surface area contributed by atoms with Gasteiger partial charge >= 0.3 is 0 Å². The van der Waals surface area contributed by atoms with E-state index in [1.807, 2.05) is 62.4 Å². The van der Waals surface area contributed by atoms with Crippen molar-refractivity contribution < 1.29 is 18.0 Å². The fourth-order valence-electron chi connectivity index (χ4n) is 4.19. The predicted octanol–water partition coefficient (Wildman–Crippen LogP) is 5.70. The fraction of sp³-hybridized carbons (Fsp3) is 0.161. The van der Waals surface area contributed by atoms with Crippen LogP contribution in [0.2, 0.25) is 0 Å². The summed E-state index contributed by atoms with van der Waals surface area (Å²) < 4.78 is 26.3. The first kappa shape index (κ1) is 27.6. The predicted molar refractivity (Wildman–Crippen MR) is 155 cm³/mol. The van der Waals surface area contributed by atoms with Gasteiger partial charge in [0.1, 0.15) is 0 Å². The van der Waals surface area contributed by atoms with Crippen molar-refractivity contribution in [2.75, 3.05) is 15.9 Å². The molecule has 0 aliphatic heterocycles. The quantitative estimate of drug-likeness (QED) is 0.284. The van der Waals surface area contributed by atoms with Gasteiger partial charge in [0.05, 0.1) is 35.8 Å². The highest BCUT2D eigenvalue weighted by atomic mass is 32.2. The molecule has 0 aliphatic rings. The molecule has 39 heavy (non-hydrogen) atoms. The van der Waals surface area contributed by atoms with E-state index in [1.165, 1.54) is 10.6 Å². The average molecular weight is 542 g/mol. The summed E-state index contributed by atoms with van der Waals surface area (Å²) in [6.45, 7) is 3.94. The number of sulfonamides is 1. The van der Waals surface area contributed by atoms with E-state index in [1.54, 1.807) is 54.6 Å². The van der Waals surface area contributed by atoms with E-state index >= 15 is 0 Å². The van der Waals surface area contributed by atoms with Crippen LogP contribution in [0, 0.1) is 6.92 Å². The Bertz CT molecular complexity index is 1570. The van der Waals surface area contributed by atoms with Crippen LogP contribution in [-0.2, 0) is 16.6 Å². The van der Waals surface area contributed by atoms with Crippen molar-refractivity contribution in [3.8, 4) is 0 Å². The second-order valence-corrected chi connectivity index (χ2v) is 11.3. The SMILES string of the molecule is Cc1cccc(N(Cc2ccc(C(=O)Nc3ccccc3C(=O)N[C@@H](C)c3ccccc3)cc2)S(C)(=O)=O)c1. The van der Waals surface area contributed by atoms with Gasteiger partial charge in [-0.25, -0.2) is 8.42 Å². The summed E-state index contributed by atoms with van der Waals surface area (Å²) in [7, 11) is -3.52. The smallest absolute Gasteiger partial charge is 0.255 e. The minimum atomic E-state index is -3.52. The lowest BCUT2D eigenvalue weighted by Crippen LogP contribution is -2.29. The Kier molecular flexibility index (Phi) is 8.46. The van der Waals surface area contributed by atoms with E-state index in [9.17, 15) is 18.0 Å². The number of para-hydroxylation sites is 1. The number of amides is 2. The largest absolute Gasteiger partial charge is 0.345 e. The zero-order valence-corrected chi connectivity index (χ0v) is 22.9. The summed E-state index contributed by atoms with van der Waals surface area (Å²) in [5, 5.41) is 5.81. The monoisotopic (exact) mass is 541 g/mol. The first-order valence-electron chi connectivity index (χ1n) is 12.5. The van der Waals surface area contributed by atoms with Gasteiger partial charge in [-0.1, -0.05) is 66.7 Å². The number of hydrogen-bond acceptors (Lipinski definition) is 4. The first-order valence-corrected chi connectivity index (χ1v) is 14.4. The lowest BCUT2D eigenvalue weighted by atomic mass is 10.1. The number of carbonyl (C=O) groups excluding carboxylic acids is 2. The zero-order chi connectivity index (χ0) is 28.0. The number of carbonyl (C=O) groups is 2. The number of benzene rings is 4. The lowest BCUT2D eigenvalue weighted by Gasteiger charge is -2.23. The van der Waals surface area contributed by atoms with Gasteiger partial charge in [0.15, 0.2) is 0 Å². The maximum Gasteiger partial charge on any atom is 0.255 e. The number of aryl methyl sites for hydroxylation is 1. The molecule has 0 spiro atoms. The standard InChI is InChI=1S/C31H31N3O4S/c1-22-10-9-13-27(20-22)34(39(3,37)38)21-24-16-18-26(19-17-24)30(35)33-29-15-8-7-14-28(29)31(36)32-23(2)25-11-5-4-6-12-25/h4-20,23H,21H2,1-3H3,(H,32,36)(H,33,35)/t23-/m0/s1. The van der Waals surface area contributed by atoms with Crippen molar-refractivity contribution in [1.29, 1.82) is 0 Å². The van der Waals surface area contributed by atoms with Gasteiger partial charge in [-0.15, -0.1) is 0 Å². The van der Waals surface area contributed by atoms with Crippen molar-refractivity contribution in [2.45, 2.75) is 26.4 Å². The van der Waals surface area contributed by atoms with Crippen LogP contribution in [-0.4, -0.2) is 26.5 Å². The normalized spacial score (nSPS) is 11.9. The van der Waals surface area contributed by atoms with Crippen LogP contribution in [0.1, 0.15) is 50.4 Å². The van der Waals surface area contributed by atoms with Crippen LogP contribution in [0.25, 0.3) is 0 Å². The topological polar surface area (TPSA) is 95.6 Å². The number of rotatable bonds is 9. The Morgan fingerprint density at radius 2 is 1.49 bits per heavy atom. The fourth-order valence-corrected chi connectivity index (χ4v) is 5.07. The summed E-state index contributed by atoms with van der Waals surface area (Å²) >= 11 is 0. The molecule has 8 heteroatoms. The van der Waals surface area contributed by atoms with E-state index in [0.29, 0.717) is 22.5 Å². The van der Waals surface area contributed by atoms with Gasteiger partial charge in [0.2, 0.25) is 10.0 Å². The molecular formula is C31H31N3O4S. The third-order valence-corrected chi connectivity index (χ3v) is 7.44. The summed E-state index contributed by atoms with van der Waals surface area (Å²) in [6.07, 6.45) is 1.17. The zero-order valence-electron chi connectivity index (χ0n) is 22.1. The van der Waals surface area contributed by atoms with E-state index in [0.717, 1.165) is 16.7 Å². The Hall–Kier alpha value is -4.43. The van der Waals surface area contributed by atoms with Crippen LogP contribution in [0.4, 0.5) is 11.4 Å². The molecule has 0 heterocycles. The highest BCUT2D eigenvalue weighted by Crippen LogP contribution is 2.23. The summed E-state index contributed by atoms with van der Waals surface area (Å²) in [5.74, 6) is -0.675. The molecule has 0 aromatic heterocycles. The summed E-state index contributed by atoms with van der Waals surface area (Å²) in [6, 6.07) is 30.3. The molecule has 0 aliphatic carbocycles. The highest BCUT2D eigenvalue weighted by molar-refractivity contribution is 7.92. The van der Waals surface area contributed by atoms with E-state index in [-0.39, 0.29) is 24.4 Å². The van der Waals surface area contributed by atoms with Gasteiger partial charge in [0, 0.05) is 5.56 Å². The average Bonchev–Trinajstić information content (AvgIpc) is 2.92. The molecule has 7 nitrogen and oxygen atoms in total. The van der Waals surface area contributed by atoms with Crippen LogP contribution < -0.4 is 14.9 Å². The number of nitrogens with one attached hydrogen (secondary N) is 2. The van der Waals surface area contributed by atoms with Gasteiger partial charge in [-0.3, -0.25) is 13.9 Å². The Morgan fingerprint density at radius 1 is 0.821 bits per heavy atom. The van der Waals surface area contributed by atoms with Crippen molar-refractivity contribution in [1.82, 2.24) is 5.32 Å². The van der Waals surface area contributed by atoms with Crippen molar-refractivity contribution in [2.24, 2.45) is 0 Å². The molecular weight excluding hydrogens is 510 g/mol. The Balaban J connectivity index is 1.47. The molecule has 0 saturated heterocycles. The maximum absolute atomic E-state index is 13.0. The molecule has 2 N–H and O–H groups in total. The van der Waals surface area contributed by atoms with Gasteiger partial charge in [-0.05, 0) is 66.9 Å². The highest BCUT2D eigenvalue weighted by Gasteiger charge is 2.19. The molecule has 0 fully saturated rings. The molecule has 0 bridgehead atoms. The lowest BCUT2D eigenvalue weighted by molar-refractivity contribution is 0.0940. The first-order chi connectivity index (χ1) is 18.6. The van der Waals surface area contributed by atoms with Crippen LogP contribution in [0.3, 0.4) is 0 Å². The Morgan fingerprint density at radius 3 is 2.15 bits per heavy atom. The third-order valence-electron chi connectivity index (χ3n) is 6.30. The minimum Gasteiger partial charge on any atom is -0.345 e. The van der Waals surface area contributed by atoms with Crippen LogP contribution in [0.5, 0.6) is 0 Å². The number of nitrogens with zero attached hydrogens (tertiary/aromatic N) is 1. The molecule has 4 aromatic carbocycles. The van der Waals surface area contributed by atoms with E-state index < -0.39 is 10.0 Å². The van der Waals surface area contributed by atoms with Crippen molar-refractivity contribution in [3.63, 3.8) is 0 Å². The van der Waals surface area contributed by atoms with Gasteiger partial charge in [-0.2, -0.15) is 0 Å². The molecule has 200 valence electrons. The summed E-state index contributed by atoms with van der Waals surface area (Å²) in [4.78, 5) is 26.1. The second-order valence-electron chi connectivity index (χ2n) is 9.41. The maximum atomic E-state index is 13.0. The van der Waals surface area contributed by atoms with E-state index in [2.05, 4.69) is 10.6 Å². The molecule has 0 radical (unpaired) electrons. The minimum absolute atomic E-state index is 0.132. The Labute approximate surface area is 229 Å². The third kappa shape index (κ3) is 7.12. The number of hydrogen-bond donors (Lipinski definition) is 2. The molecule has 0 saturated carbocycles. The van der Waals surface area contributed by atoms with E-state index in [4.69, 9.17) is 0 Å². The van der Waals surface area contributed by atoms with Crippen LogP contribution >= 0.6 is 0 Å².